The van der Waals surface area contributed by atoms with Crippen molar-refractivity contribution < 1.29 is 4.79 Å². The lowest BCUT2D eigenvalue weighted by atomic mass is 9.92. The first kappa shape index (κ1) is 18.7. The molecule has 5 nitrogen and oxygen atoms in total. The lowest BCUT2D eigenvalue weighted by Gasteiger charge is -2.37. The highest BCUT2D eigenvalue weighted by Crippen LogP contribution is 2.30. The molecule has 1 aliphatic heterocycles. The minimum Gasteiger partial charge on any atom is -0.334 e. The summed E-state index contributed by atoms with van der Waals surface area (Å²) >= 11 is 7.52. The van der Waals surface area contributed by atoms with Gasteiger partial charge in [0.15, 0.2) is 5.13 Å². The van der Waals surface area contributed by atoms with Gasteiger partial charge in [-0.1, -0.05) is 18.5 Å². The molecule has 1 amide bonds. The Labute approximate surface area is 162 Å². The normalized spacial score (nSPS) is 19.9. The maximum absolute atomic E-state index is 13.0. The first-order valence-electron chi connectivity index (χ1n) is 8.65. The number of halogens is 1. The molecule has 7 heteroatoms. The largest absolute Gasteiger partial charge is 0.334 e. The van der Waals surface area contributed by atoms with Crippen molar-refractivity contribution in [3.8, 4) is 6.07 Å². The van der Waals surface area contributed by atoms with Crippen LogP contribution in [0.3, 0.4) is 0 Å². The van der Waals surface area contributed by atoms with Gasteiger partial charge in [0.05, 0.1) is 10.6 Å². The summed E-state index contributed by atoms with van der Waals surface area (Å²) in [5, 5.41) is 13.2. The van der Waals surface area contributed by atoms with Gasteiger partial charge in [0, 0.05) is 23.2 Å². The quantitative estimate of drug-likeness (QED) is 0.804. The Bertz CT molecular complexity index is 873. The molecule has 136 valence electrons. The third kappa shape index (κ3) is 3.69. The second-order valence-electron chi connectivity index (χ2n) is 6.71. The highest BCUT2D eigenvalue weighted by atomic mass is 35.5. The molecule has 0 aliphatic carbocycles. The van der Waals surface area contributed by atoms with E-state index in [4.69, 9.17) is 16.9 Å². The van der Waals surface area contributed by atoms with E-state index in [0.717, 1.165) is 30.0 Å². The van der Waals surface area contributed by atoms with E-state index in [2.05, 4.69) is 24.1 Å². The van der Waals surface area contributed by atoms with Crippen molar-refractivity contribution in [2.45, 2.75) is 39.7 Å². The molecule has 0 unspecified atom stereocenters. The van der Waals surface area contributed by atoms with E-state index >= 15 is 0 Å². The van der Waals surface area contributed by atoms with Gasteiger partial charge in [0.1, 0.15) is 11.8 Å². The summed E-state index contributed by atoms with van der Waals surface area (Å²) < 4.78 is 0. The lowest BCUT2D eigenvalue weighted by Crippen LogP contribution is -2.46. The molecule has 2 aromatic rings. The highest BCUT2D eigenvalue weighted by Gasteiger charge is 2.31. The predicted octanol–water partition coefficient (Wildman–Crippen LogP) is 4.98. The third-order valence-corrected chi connectivity index (χ3v) is 6.17. The Morgan fingerprint density at radius 2 is 2.23 bits per heavy atom. The molecule has 26 heavy (non-hydrogen) atoms. The van der Waals surface area contributed by atoms with Gasteiger partial charge >= 0.3 is 0 Å². The summed E-state index contributed by atoms with van der Waals surface area (Å²) in [5.41, 5.74) is 1.68. The Kier molecular flexibility index (Phi) is 5.49. The van der Waals surface area contributed by atoms with Crippen LogP contribution in [0.1, 0.15) is 47.6 Å². The Balaban J connectivity index is 1.80. The standard InChI is InChI=1S/C19H21ClN4OS/c1-11-5-4-8-24(12(11)2)18(25)17-13(3)26-19(23-17)22-15-7-6-14(10-21)16(20)9-15/h6-7,9,11-12H,4-5,8H2,1-3H3,(H,22,23)/t11-,12-/m0/s1. The van der Waals surface area contributed by atoms with Gasteiger partial charge in [-0.25, -0.2) is 4.98 Å². The number of carbonyl (C=O) groups excluding carboxylic acids is 1. The summed E-state index contributed by atoms with van der Waals surface area (Å²) in [7, 11) is 0. The Morgan fingerprint density at radius 3 is 2.92 bits per heavy atom. The number of aryl methyl sites for hydroxylation is 1. The summed E-state index contributed by atoms with van der Waals surface area (Å²) in [5.74, 6) is 0.508. The van der Waals surface area contributed by atoms with Crippen LogP contribution in [0.2, 0.25) is 5.02 Å². The van der Waals surface area contributed by atoms with E-state index in [1.165, 1.54) is 11.3 Å². The van der Waals surface area contributed by atoms with Crippen molar-refractivity contribution in [3.63, 3.8) is 0 Å². The number of hydrogen-bond donors (Lipinski definition) is 1. The van der Waals surface area contributed by atoms with Crippen LogP contribution in [-0.4, -0.2) is 28.4 Å². The Morgan fingerprint density at radius 1 is 1.46 bits per heavy atom. The molecule has 1 aromatic heterocycles. The number of amides is 1. The van der Waals surface area contributed by atoms with Crippen molar-refractivity contribution in [1.29, 1.82) is 5.26 Å². The van der Waals surface area contributed by atoms with Crippen LogP contribution in [-0.2, 0) is 0 Å². The molecule has 3 rings (SSSR count). The molecule has 2 atom stereocenters. The fourth-order valence-corrected chi connectivity index (χ4v) is 4.26. The van der Waals surface area contributed by atoms with Gasteiger partial charge in [0.25, 0.3) is 5.91 Å². The second-order valence-corrected chi connectivity index (χ2v) is 8.32. The van der Waals surface area contributed by atoms with Crippen LogP contribution in [0.25, 0.3) is 0 Å². The van der Waals surface area contributed by atoms with Crippen LogP contribution in [0.5, 0.6) is 0 Å². The topological polar surface area (TPSA) is 69.0 Å². The molecule has 1 N–H and O–H groups in total. The second kappa shape index (κ2) is 7.65. The van der Waals surface area contributed by atoms with Gasteiger partial charge < -0.3 is 10.2 Å². The molecular weight excluding hydrogens is 368 g/mol. The fraction of sp³-hybridized carbons (Fsp3) is 0.421. The average molecular weight is 389 g/mol. The van der Waals surface area contributed by atoms with Gasteiger partial charge in [-0.2, -0.15) is 5.26 Å². The van der Waals surface area contributed by atoms with E-state index in [9.17, 15) is 4.79 Å². The molecule has 0 radical (unpaired) electrons. The molecule has 0 spiro atoms. The molecule has 1 fully saturated rings. The monoisotopic (exact) mass is 388 g/mol. The zero-order valence-corrected chi connectivity index (χ0v) is 16.6. The molecule has 2 heterocycles. The minimum atomic E-state index is 0.00344. The zero-order valence-electron chi connectivity index (χ0n) is 15.0. The summed E-state index contributed by atoms with van der Waals surface area (Å²) in [6, 6.07) is 7.39. The number of hydrogen-bond acceptors (Lipinski definition) is 5. The third-order valence-electron chi connectivity index (χ3n) is 4.97. The minimum absolute atomic E-state index is 0.00344. The first-order valence-corrected chi connectivity index (χ1v) is 9.85. The maximum Gasteiger partial charge on any atom is 0.273 e. The van der Waals surface area contributed by atoms with Crippen LogP contribution in [0.4, 0.5) is 10.8 Å². The maximum atomic E-state index is 13.0. The van der Waals surface area contributed by atoms with E-state index in [1.807, 2.05) is 17.9 Å². The first-order chi connectivity index (χ1) is 12.4. The summed E-state index contributed by atoms with van der Waals surface area (Å²) in [6.45, 7) is 7.01. The fourth-order valence-electron chi connectivity index (χ4n) is 3.21. The van der Waals surface area contributed by atoms with E-state index in [0.29, 0.717) is 27.3 Å². The van der Waals surface area contributed by atoms with E-state index in [1.54, 1.807) is 18.2 Å². The van der Waals surface area contributed by atoms with Crippen LogP contribution in [0, 0.1) is 24.2 Å². The number of aromatic nitrogens is 1. The van der Waals surface area contributed by atoms with Crippen molar-refractivity contribution in [2.75, 3.05) is 11.9 Å². The molecule has 1 saturated heterocycles. The van der Waals surface area contributed by atoms with Crippen molar-refractivity contribution in [2.24, 2.45) is 5.92 Å². The molecule has 1 aromatic carbocycles. The number of nitrogens with zero attached hydrogens (tertiary/aromatic N) is 3. The summed E-state index contributed by atoms with van der Waals surface area (Å²) in [6.07, 6.45) is 2.20. The predicted molar refractivity (Wildman–Crippen MR) is 105 cm³/mol. The van der Waals surface area contributed by atoms with Crippen LogP contribution < -0.4 is 5.32 Å². The molecule has 1 aliphatic rings. The van der Waals surface area contributed by atoms with Gasteiger partial charge in [-0.15, -0.1) is 11.3 Å². The zero-order chi connectivity index (χ0) is 18.8. The molecule has 0 saturated carbocycles. The van der Waals surface area contributed by atoms with Crippen LogP contribution >= 0.6 is 22.9 Å². The van der Waals surface area contributed by atoms with E-state index < -0.39 is 0 Å². The Hall–Kier alpha value is -2.10. The van der Waals surface area contributed by atoms with Crippen molar-refractivity contribution >= 4 is 39.7 Å². The number of benzene rings is 1. The number of nitrogens with one attached hydrogen (secondary N) is 1. The average Bonchev–Trinajstić information content (AvgIpc) is 2.97. The molecular formula is C19H21ClN4OS. The van der Waals surface area contributed by atoms with Gasteiger partial charge in [-0.3, -0.25) is 4.79 Å². The number of thiazole rings is 1. The number of anilines is 2. The number of nitriles is 1. The van der Waals surface area contributed by atoms with Gasteiger partial charge in [0.2, 0.25) is 0 Å². The number of carbonyl (C=O) groups is 1. The number of piperidine rings is 1. The highest BCUT2D eigenvalue weighted by molar-refractivity contribution is 7.15. The number of rotatable bonds is 3. The van der Waals surface area contributed by atoms with Gasteiger partial charge in [-0.05, 0) is 50.8 Å². The summed E-state index contributed by atoms with van der Waals surface area (Å²) in [4.78, 5) is 20.3. The lowest BCUT2D eigenvalue weighted by molar-refractivity contribution is 0.0545. The molecule has 0 bridgehead atoms. The van der Waals surface area contributed by atoms with Crippen molar-refractivity contribution in [1.82, 2.24) is 9.88 Å². The van der Waals surface area contributed by atoms with Crippen LogP contribution in [0.15, 0.2) is 18.2 Å². The number of likely N-dealkylation sites (tertiary alicyclic amines) is 1. The van der Waals surface area contributed by atoms with E-state index in [-0.39, 0.29) is 11.9 Å². The van der Waals surface area contributed by atoms with Crippen molar-refractivity contribution in [3.05, 3.63) is 39.4 Å². The smallest absolute Gasteiger partial charge is 0.273 e. The SMILES string of the molecule is Cc1sc(Nc2ccc(C#N)c(Cl)c2)nc1C(=O)N1CCC[C@H](C)[C@@H]1C.